The summed E-state index contributed by atoms with van der Waals surface area (Å²) in [4.78, 5) is 11.1. The Morgan fingerprint density at radius 3 is 1.49 bits per heavy atom. The summed E-state index contributed by atoms with van der Waals surface area (Å²) < 4.78 is 25.4. The number of sulfonamides is 1. The number of nitrogens with zero attached hydrogens (tertiary/aromatic N) is 1. The van der Waals surface area contributed by atoms with Gasteiger partial charge in [0.2, 0.25) is 0 Å². The summed E-state index contributed by atoms with van der Waals surface area (Å²) >= 11 is 0. The number of nitrogens with one attached hydrogen (secondary N) is 1. The summed E-state index contributed by atoms with van der Waals surface area (Å²) in [6.07, 6.45) is 23.0. The Hall–Kier alpha value is -1.40. The average Bonchev–Trinajstić information content (AvgIpc) is 3.06. The molecule has 0 fully saturated rings. The second-order valence-corrected chi connectivity index (χ2v) is 12.4. The van der Waals surface area contributed by atoms with E-state index in [-0.39, 0.29) is 10.5 Å². The molecule has 6 heteroatoms. The monoisotopic (exact) mass is 509 g/mol. The van der Waals surface area contributed by atoms with E-state index in [1.165, 1.54) is 132 Å². The molecule has 1 aromatic carbocycles. The van der Waals surface area contributed by atoms with Gasteiger partial charge in [-0.25, -0.2) is 13.1 Å². The molecule has 35 heavy (non-hydrogen) atoms. The average molecular weight is 510 g/mol. The van der Waals surface area contributed by atoms with Gasteiger partial charge in [0, 0.05) is 0 Å². The fraction of sp³-hybridized carbons (Fsp3) is 0.759. The fourth-order valence-electron chi connectivity index (χ4n) is 4.58. The summed E-state index contributed by atoms with van der Waals surface area (Å²) in [5.74, 6) is -0.550. The largest absolute Gasteiger partial charge is 0.328 e. The normalized spacial score (nSPS) is 14.2. The maximum absolute atomic E-state index is 11.1. The number of rotatable bonds is 18. The molecule has 0 saturated heterocycles. The van der Waals surface area contributed by atoms with Crippen molar-refractivity contribution in [1.82, 2.24) is 4.72 Å². The Morgan fingerprint density at radius 1 is 0.657 bits per heavy atom. The molecule has 5 nitrogen and oxygen atoms in total. The molecular formula is C29H53N2O3S+. The Morgan fingerprint density at radius 2 is 1.06 bits per heavy atom. The topological polar surface area (TPSA) is 63.2 Å². The first-order valence-electron chi connectivity index (χ1n) is 14.2. The van der Waals surface area contributed by atoms with Crippen LogP contribution in [0.2, 0.25) is 0 Å². The second-order valence-electron chi connectivity index (χ2n) is 10.8. The highest BCUT2D eigenvalue weighted by Gasteiger charge is 2.31. The number of quaternary nitrogens is 1. The Balaban J connectivity index is 0.000000420. The first-order chi connectivity index (χ1) is 16.7. The maximum Gasteiger partial charge on any atom is 0.266 e. The number of hydrogen-bond donors (Lipinski definition) is 1. The van der Waals surface area contributed by atoms with Crippen LogP contribution in [0.15, 0.2) is 29.2 Å². The minimum absolute atomic E-state index is 0.0648. The Labute approximate surface area is 216 Å². The molecule has 1 aliphatic rings. The number of benzene rings is 1. The van der Waals surface area contributed by atoms with Crippen LogP contribution < -0.4 is 4.72 Å². The van der Waals surface area contributed by atoms with E-state index in [4.69, 9.17) is 0 Å². The first-order valence-corrected chi connectivity index (χ1v) is 15.7. The van der Waals surface area contributed by atoms with Crippen molar-refractivity contribution >= 4 is 15.9 Å². The standard InChI is InChI=1S/C22H48N.C7H5NO3S/c1-5-7-9-11-13-15-17-19-21-23(3,4)22-20-18-16-14-12-10-8-6-2;9-7-5-3-1-2-4-6(5)12(10,11)8-7/h5-22H2,1-4H3;1-4H,(H,8,9)/q+1;. The molecule has 1 N–H and O–H groups in total. The number of amides is 1. The van der Waals surface area contributed by atoms with Crippen molar-refractivity contribution < 1.29 is 17.7 Å². The van der Waals surface area contributed by atoms with Crippen LogP contribution in [-0.4, -0.2) is 46.0 Å². The van der Waals surface area contributed by atoms with Gasteiger partial charge in [-0.05, 0) is 37.8 Å². The van der Waals surface area contributed by atoms with Gasteiger partial charge in [-0.3, -0.25) is 4.79 Å². The van der Waals surface area contributed by atoms with Crippen LogP contribution in [0.4, 0.5) is 0 Å². The molecule has 0 unspecified atom stereocenters. The number of unbranched alkanes of at least 4 members (excludes halogenated alkanes) is 14. The molecule has 0 bridgehead atoms. The van der Waals surface area contributed by atoms with E-state index in [0.29, 0.717) is 0 Å². The molecule has 2 rings (SSSR count). The zero-order chi connectivity index (χ0) is 26.0. The molecular weight excluding hydrogens is 456 g/mol. The number of carbonyl (C=O) groups excluding carboxylic acids is 1. The van der Waals surface area contributed by atoms with Gasteiger partial charge < -0.3 is 4.48 Å². The van der Waals surface area contributed by atoms with Crippen molar-refractivity contribution in [2.24, 2.45) is 0 Å². The van der Waals surface area contributed by atoms with Crippen molar-refractivity contribution in [2.45, 2.75) is 121 Å². The third kappa shape index (κ3) is 14.1. The zero-order valence-electron chi connectivity index (χ0n) is 23.1. The van der Waals surface area contributed by atoms with E-state index in [9.17, 15) is 13.2 Å². The van der Waals surface area contributed by atoms with Crippen molar-refractivity contribution in [3.63, 3.8) is 0 Å². The van der Waals surface area contributed by atoms with Crippen LogP contribution in [0.25, 0.3) is 0 Å². The SMILES string of the molecule is CCCCCCCCCC[N+](C)(C)CCCCCCCCCC.O=C1NS(=O)(=O)c2ccccc21. The lowest BCUT2D eigenvalue weighted by molar-refractivity contribution is -0.890. The van der Waals surface area contributed by atoms with E-state index in [0.717, 1.165) is 0 Å². The van der Waals surface area contributed by atoms with E-state index in [1.54, 1.807) is 12.1 Å². The summed E-state index contributed by atoms with van der Waals surface area (Å²) in [6.45, 7) is 7.36. The predicted molar refractivity (Wildman–Crippen MR) is 148 cm³/mol. The van der Waals surface area contributed by atoms with Gasteiger partial charge in [-0.2, -0.15) is 0 Å². The predicted octanol–water partition coefficient (Wildman–Crippen LogP) is 7.46. The molecule has 0 aliphatic carbocycles. The highest BCUT2D eigenvalue weighted by molar-refractivity contribution is 7.90. The van der Waals surface area contributed by atoms with Gasteiger partial charge in [0.1, 0.15) is 4.90 Å². The third-order valence-corrected chi connectivity index (χ3v) is 8.27. The van der Waals surface area contributed by atoms with Gasteiger partial charge in [0.15, 0.2) is 0 Å². The smallest absolute Gasteiger partial charge is 0.266 e. The van der Waals surface area contributed by atoms with Crippen molar-refractivity contribution in [2.75, 3.05) is 27.2 Å². The molecule has 1 amide bonds. The van der Waals surface area contributed by atoms with E-state index >= 15 is 0 Å². The fourth-order valence-corrected chi connectivity index (χ4v) is 5.75. The molecule has 0 radical (unpaired) electrons. The molecule has 202 valence electrons. The van der Waals surface area contributed by atoms with Gasteiger partial charge in [0.05, 0.1) is 32.7 Å². The lowest BCUT2D eigenvalue weighted by atomic mass is 10.1. The minimum atomic E-state index is -3.55. The molecule has 0 atom stereocenters. The van der Waals surface area contributed by atoms with E-state index in [1.807, 2.05) is 4.72 Å². The lowest BCUT2D eigenvalue weighted by Gasteiger charge is -2.30. The van der Waals surface area contributed by atoms with Crippen LogP contribution in [-0.2, 0) is 10.0 Å². The van der Waals surface area contributed by atoms with Crippen LogP contribution >= 0.6 is 0 Å². The molecule has 0 aromatic heterocycles. The van der Waals surface area contributed by atoms with Gasteiger partial charge in [-0.1, -0.05) is 103 Å². The summed E-state index contributed by atoms with van der Waals surface area (Å²) in [7, 11) is 1.31. The quantitative estimate of drug-likeness (QED) is 0.165. The van der Waals surface area contributed by atoms with E-state index < -0.39 is 15.9 Å². The number of fused-ring (bicyclic) bond motifs is 1. The van der Waals surface area contributed by atoms with Gasteiger partial charge in [0.25, 0.3) is 15.9 Å². The van der Waals surface area contributed by atoms with E-state index in [2.05, 4.69) is 27.9 Å². The lowest BCUT2D eigenvalue weighted by Crippen LogP contribution is -2.41. The summed E-state index contributed by atoms with van der Waals surface area (Å²) in [5.41, 5.74) is 0.220. The third-order valence-electron chi connectivity index (χ3n) is 6.88. The molecule has 1 aromatic rings. The Kier molecular flexibility index (Phi) is 16.2. The molecule has 0 saturated carbocycles. The van der Waals surface area contributed by atoms with Crippen LogP contribution in [0.1, 0.15) is 127 Å². The first kappa shape index (κ1) is 31.6. The van der Waals surface area contributed by atoms with Gasteiger partial charge >= 0.3 is 0 Å². The second kappa shape index (κ2) is 17.9. The molecule has 1 aliphatic heterocycles. The van der Waals surface area contributed by atoms with Crippen LogP contribution in [0, 0.1) is 0 Å². The Bertz CT molecular complexity index is 784. The highest BCUT2D eigenvalue weighted by Crippen LogP contribution is 2.21. The molecule has 1 heterocycles. The highest BCUT2D eigenvalue weighted by atomic mass is 32.2. The van der Waals surface area contributed by atoms with Crippen molar-refractivity contribution in [1.29, 1.82) is 0 Å². The van der Waals surface area contributed by atoms with Crippen LogP contribution in [0.5, 0.6) is 0 Å². The zero-order valence-corrected chi connectivity index (χ0v) is 23.9. The van der Waals surface area contributed by atoms with Crippen LogP contribution in [0.3, 0.4) is 0 Å². The van der Waals surface area contributed by atoms with Crippen molar-refractivity contribution in [3.8, 4) is 0 Å². The minimum Gasteiger partial charge on any atom is -0.328 e. The maximum atomic E-state index is 11.1. The number of hydrogen-bond acceptors (Lipinski definition) is 3. The summed E-state index contributed by atoms with van der Waals surface area (Å²) in [5, 5.41) is 0. The number of carbonyl (C=O) groups is 1. The van der Waals surface area contributed by atoms with Crippen molar-refractivity contribution in [3.05, 3.63) is 29.8 Å². The molecule has 0 spiro atoms. The van der Waals surface area contributed by atoms with Gasteiger partial charge in [-0.15, -0.1) is 0 Å². The summed E-state index contributed by atoms with van der Waals surface area (Å²) in [6, 6.07) is 6.09.